The first-order valence-corrected chi connectivity index (χ1v) is 7.64. The third-order valence-electron chi connectivity index (χ3n) is 3.15. The Morgan fingerprint density at radius 1 is 1.29 bits per heavy atom. The number of hydrogen-bond donors (Lipinski definition) is 1. The third-order valence-corrected chi connectivity index (χ3v) is 4.52. The lowest BCUT2D eigenvalue weighted by atomic mass is 10.2. The van der Waals surface area contributed by atoms with E-state index in [1.807, 2.05) is 47.9 Å². The molecule has 0 bridgehead atoms. The van der Waals surface area contributed by atoms with Crippen molar-refractivity contribution in [2.45, 2.75) is 6.92 Å². The monoisotopic (exact) mass is 365 g/mol. The maximum atomic E-state index is 6.17. The van der Waals surface area contributed by atoms with Crippen LogP contribution in [0, 0.1) is 0 Å². The average molecular weight is 367 g/mol. The number of nitrogens with two attached hydrogens (primary N) is 1. The number of ether oxygens (including phenoxy) is 1. The fraction of sp³-hybridized carbons (Fsp3) is 0.133. The molecular weight excluding hydrogens is 354 g/mol. The van der Waals surface area contributed by atoms with Gasteiger partial charge in [-0.3, -0.25) is 4.57 Å². The fourth-order valence-electron chi connectivity index (χ4n) is 2.28. The topological polar surface area (TPSA) is 53.1 Å². The average Bonchev–Trinajstić information content (AvgIpc) is 2.80. The molecule has 1 aromatic heterocycles. The first kappa shape index (κ1) is 14.2. The number of hydrogen-bond acceptors (Lipinski definition) is 3. The highest BCUT2D eigenvalue weighted by molar-refractivity contribution is 9.10. The molecule has 1 heterocycles. The number of nitrogens with zero attached hydrogens (tertiary/aromatic N) is 2. The molecule has 0 saturated heterocycles. The Hall–Kier alpha value is -1.72. The van der Waals surface area contributed by atoms with E-state index in [0.29, 0.717) is 17.6 Å². The molecule has 6 heteroatoms. The molecule has 0 aliphatic heterocycles. The van der Waals surface area contributed by atoms with Crippen LogP contribution in [0.4, 0.5) is 5.95 Å². The summed E-state index contributed by atoms with van der Waals surface area (Å²) >= 11 is 9.67. The highest BCUT2D eigenvalue weighted by atomic mass is 79.9. The standard InChI is InChI=1S/C15H13BrClN3O/c1-2-21-12-8-4-7-11-14(12)19-15(18)20(11)10-6-3-5-9(17)13(10)16/h3-8H,2H2,1H3,(H2,18,19). The summed E-state index contributed by atoms with van der Waals surface area (Å²) in [5, 5.41) is 0.620. The SMILES string of the molecule is CCOc1cccc2c1nc(N)n2-c1cccc(Cl)c1Br. The maximum Gasteiger partial charge on any atom is 0.206 e. The van der Waals surface area contributed by atoms with Gasteiger partial charge in [0.1, 0.15) is 11.3 Å². The van der Waals surface area contributed by atoms with E-state index in [1.54, 1.807) is 0 Å². The van der Waals surface area contributed by atoms with E-state index >= 15 is 0 Å². The highest BCUT2D eigenvalue weighted by Crippen LogP contribution is 2.35. The Morgan fingerprint density at radius 3 is 2.81 bits per heavy atom. The largest absolute Gasteiger partial charge is 0.492 e. The van der Waals surface area contributed by atoms with Crippen LogP contribution in [-0.2, 0) is 0 Å². The van der Waals surface area contributed by atoms with Gasteiger partial charge in [0.15, 0.2) is 0 Å². The van der Waals surface area contributed by atoms with Crippen LogP contribution in [0.5, 0.6) is 5.75 Å². The molecule has 0 saturated carbocycles. The van der Waals surface area contributed by atoms with Crippen molar-refractivity contribution in [3.63, 3.8) is 0 Å². The molecule has 3 rings (SSSR count). The van der Waals surface area contributed by atoms with Crippen molar-refractivity contribution in [3.05, 3.63) is 45.9 Å². The van der Waals surface area contributed by atoms with Crippen LogP contribution in [0.25, 0.3) is 16.7 Å². The van der Waals surface area contributed by atoms with Gasteiger partial charge in [0.25, 0.3) is 0 Å². The number of para-hydroxylation sites is 1. The first-order chi connectivity index (χ1) is 10.1. The van der Waals surface area contributed by atoms with Crippen molar-refractivity contribution in [3.8, 4) is 11.4 Å². The second-order valence-corrected chi connectivity index (χ2v) is 5.64. The molecule has 21 heavy (non-hydrogen) atoms. The van der Waals surface area contributed by atoms with E-state index in [1.165, 1.54) is 0 Å². The number of halogens is 2. The Balaban J connectivity index is 2.31. The Kier molecular flexibility index (Phi) is 3.78. The predicted molar refractivity (Wildman–Crippen MR) is 89.4 cm³/mol. The van der Waals surface area contributed by atoms with Crippen LogP contribution in [0.1, 0.15) is 6.92 Å². The van der Waals surface area contributed by atoms with E-state index in [2.05, 4.69) is 20.9 Å². The van der Waals surface area contributed by atoms with Crippen molar-refractivity contribution in [2.75, 3.05) is 12.3 Å². The molecule has 0 atom stereocenters. The van der Waals surface area contributed by atoms with Gasteiger partial charge < -0.3 is 10.5 Å². The normalized spacial score (nSPS) is 11.0. The molecule has 0 fully saturated rings. The van der Waals surface area contributed by atoms with Crippen molar-refractivity contribution < 1.29 is 4.74 Å². The van der Waals surface area contributed by atoms with Gasteiger partial charge in [-0.15, -0.1) is 0 Å². The molecule has 4 nitrogen and oxygen atoms in total. The molecule has 2 N–H and O–H groups in total. The Labute approximate surface area is 135 Å². The number of anilines is 1. The molecule has 108 valence electrons. The number of rotatable bonds is 3. The smallest absolute Gasteiger partial charge is 0.206 e. The van der Waals surface area contributed by atoms with Gasteiger partial charge in [0.05, 0.1) is 27.3 Å². The van der Waals surface area contributed by atoms with Gasteiger partial charge >= 0.3 is 0 Å². The predicted octanol–water partition coefficient (Wildman–Crippen LogP) is 4.42. The summed E-state index contributed by atoms with van der Waals surface area (Å²) in [4.78, 5) is 4.43. The summed E-state index contributed by atoms with van der Waals surface area (Å²) in [6.45, 7) is 2.51. The lowest BCUT2D eigenvalue weighted by Crippen LogP contribution is -2.01. The fourth-order valence-corrected chi connectivity index (χ4v) is 2.89. The summed E-state index contributed by atoms with van der Waals surface area (Å²) in [5.74, 6) is 1.11. The molecule has 0 unspecified atom stereocenters. The molecular formula is C15H13BrClN3O. The number of aromatic nitrogens is 2. The first-order valence-electron chi connectivity index (χ1n) is 6.47. The highest BCUT2D eigenvalue weighted by Gasteiger charge is 2.16. The zero-order chi connectivity index (χ0) is 15.0. The number of nitrogen functional groups attached to an aromatic ring is 1. The second-order valence-electron chi connectivity index (χ2n) is 4.44. The van der Waals surface area contributed by atoms with Crippen LogP contribution >= 0.6 is 27.5 Å². The minimum atomic E-state index is 0.389. The van der Waals surface area contributed by atoms with Crippen molar-refractivity contribution in [1.82, 2.24) is 9.55 Å². The maximum absolute atomic E-state index is 6.17. The summed E-state index contributed by atoms with van der Waals surface area (Å²) in [6.07, 6.45) is 0. The van der Waals surface area contributed by atoms with Gasteiger partial charge in [-0.25, -0.2) is 4.98 Å². The molecule has 3 aromatic rings. The van der Waals surface area contributed by atoms with Gasteiger partial charge in [0.2, 0.25) is 5.95 Å². The third kappa shape index (κ3) is 2.36. The summed E-state index contributed by atoms with van der Waals surface area (Å²) < 4.78 is 8.24. The van der Waals surface area contributed by atoms with E-state index in [9.17, 15) is 0 Å². The van der Waals surface area contributed by atoms with E-state index < -0.39 is 0 Å². The van der Waals surface area contributed by atoms with Crippen LogP contribution in [0.15, 0.2) is 40.9 Å². The minimum absolute atomic E-state index is 0.389. The van der Waals surface area contributed by atoms with Crippen LogP contribution in [0.2, 0.25) is 5.02 Å². The zero-order valence-corrected chi connectivity index (χ0v) is 13.6. The van der Waals surface area contributed by atoms with Gasteiger partial charge in [-0.1, -0.05) is 23.7 Å². The van der Waals surface area contributed by atoms with Gasteiger partial charge in [-0.2, -0.15) is 0 Å². The quantitative estimate of drug-likeness (QED) is 0.746. The molecule has 0 spiro atoms. The minimum Gasteiger partial charge on any atom is -0.492 e. The lowest BCUT2D eigenvalue weighted by Gasteiger charge is -2.10. The Morgan fingerprint density at radius 2 is 2.05 bits per heavy atom. The van der Waals surface area contributed by atoms with Crippen molar-refractivity contribution in [2.24, 2.45) is 0 Å². The van der Waals surface area contributed by atoms with E-state index in [0.717, 1.165) is 26.9 Å². The van der Waals surface area contributed by atoms with Crippen molar-refractivity contribution >= 4 is 44.5 Å². The number of benzene rings is 2. The number of fused-ring (bicyclic) bond motifs is 1. The molecule has 0 aliphatic rings. The van der Waals surface area contributed by atoms with Crippen molar-refractivity contribution in [1.29, 1.82) is 0 Å². The van der Waals surface area contributed by atoms with Crippen LogP contribution in [0.3, 0.4) is 0 Å². The van der Waals surface area contributed by atoms with Crippen LogP contribution in [-0.4, -0.2) is 16.2 Å². The Bertz CT molecular complexity index is 816. The summed E-state index contributed by atoms with van der Waals surface area (Å²) in [5.41, 5.74) is 8.56. The summed E-state index contributed by atoms with van der Waals surface area (Å²) in [6, 6.07) is 11.4. The van der Waals surface area contributed by atoms with E-state index in [-0.39, 0.29) is 0 Å². The molecule has 2 aromatic carbocycles. The number of imidazole rings is 1. The molecule has 0 aliphatic carbocycles. The van der Waals surface area contributed by atoms with Gasteiger partial charge in [0, 0.05) is 0 Å². The second kappa shape index (κ2) is 5.58. The summed E-state index contributed by atoms with van der Waals surface area (Å²) in [7, 11) is 0. The zero-order valence-electron chi connectivity index (χ0n) is 11.3. The van der Waals surface area contributed by atoms with E-state index in [4.69, 9.17) is 22.1 Å². The lowest BCUT2D eigenvalue weighted by molar-refractivity contribution is 0.344. The molecule has 0 radical (unpaired) electrons. The van der Waals surface area contributed by atoms with Crippen LogP contribution < -0.4 is 10.5 Å². The van der Waals surface area contributed by atoms with Gasteiger partial charge in [-0.05, 0) is 47.1 Å². The molecule has 0 amide bonds.